The highest BCUT2D eigenvalue weighted by molar-refractivity contribution is 8.00. The van der Waals surface area contributed by atoms with Crippen molar-refractivity contribution in [2.24, 2.45) is 5.84 Å². The second kappa shape index (κ2) is 6.01. The summed E-state index contributed by atoms with van der Waals surface area (Å²) < 4.78 is 1.46. The van der Waals surface area contributed by atoms with Crippen molar-refractivity contribution in [1.82, 2.24) is 29.7 Å². The molecule has 1 saturated heterocycles. The minimum Gasteiger partial charge on any atom is -0.353 e. The van der Waals surface area contributed by atoms with Crippen molar-refractivity contribution in [2.45, 2.75) is 18.1 Å². The molecule has 3 heterocycles. The topological polar surface area (TPSA) is 119 Å². The predicted octanol–water partition coefficient (Wildman–Crippen LogP) is 0.0454. The standard InChI is InChI=1S/C10H15N9S/c11-18-9-15-8(13-4-7-2-1-3-20-7)16-10(17-9)19-6-12-5-14-19/h5-7H,1-4,11H2,(H2,13,15,16,17,18). The summed E-state index contributed by atoms with van der Waals surface area (Å²) in [7, 11) is 0. The van der Waals surface area contributed by atoms with Gasteiger partial charge in [-0.3, -0.25) is 5.43 Å². The lowest BCUT2D eigenvalue weighted by Gasteiger charge is -2.11. The molecule has 10 heteroatoms. The SMILES string of the molecule is NNc1nc(NCC2CCCS2)nc(-n2cncn2)n1. The van der Waals surface area contributed by atoms with Crippen LogP contribution in [0.2, 0.25) is 0 Å². The fourth-order valence-corrected chi connectivity index (χ4v) is 3.13. The van der Waals surface area contributed by atoms with Gasteiger partial charge < -0.3 is 5.32 Å². The molecule has 1 fully saturated rings. The molecule has 0 spiro atoms. The molecule has 0 aliphatic carbocycles. The van der Waals surface area contributed by atoms with Gasteiger partial charge in [-0.2, -0.15) is 36.5 Å². The summed E-state index contributed by atoms with van der Waals surface area (Å²) in [6.07, 6.45) is 5.43. The highest BCUT2D eigenvalue weighted by Crippen LogP contribution is 2.26. The van der Waals surface area contributed by atoms with Crippen molar-refractivity contribution in [2.75, 3.05) is 23.0 Å². The van der Waals surface area contributed by atoms with Gasteiger partial charge in [0.05, 0.1) is 0 Å². The van der Waals surface area contributed by atoms with Crippen molar-refractivity contribution in [3.8, 4) is 5.95 Å². The summed E-state index contributed by atoms with van der Waals surface area (Å²) >= 11 is 1.97. The molecule has 1 atom stereocenters. The van der Waals surface area contributed by atoms with Crippen molar-refractivity contribution >= 4 is 23.7 Å². The number of thioether (sulfide) groups is 1. The zero-order chi connectivity index (χ0) is 13.8. The van der Waals surface area contributed by atoms with Crippen LogP contribution in [0.1, 0.15) is 12.8 Å². The van der Waals surface area contributed by atoms with Gasteiger partial charge in [-0.1, -0.05) is 0 Å². The molecule has 0 bridgehead atoms. The molecular formula is C10H15N9S. The zero-order valence-corrected chi connectivity index (χ0v) is 11.5. The third kappa shape index (κ3) is 2.96. The maximum absolute atomic E-state index is 5.38. The lowest BCUT2D eigenvalue weighted by Crippen LogP contribution is -2.19. The van der Waals surface area contributed by atoms with Crippen molar-refractivity contribution in [1.29, 1.82) is 0 Å². The van der Waals surface area contributed by atoms with Crippen LogP contribution in [0.15, 0.2) is 12.7 Å². The largest absolute Gasteiger partial charge is 0.353 e. The molecule has 0 saturated carbocycles. The molecule has 1 unspecified atom stereocenters. The maximum Gasteiger partial charge on any atom is 0.258 e. The van der Waals surface area contributed by atoms with Crippen LogP contribution in [0.25, 0.3) is 5.95 Å². The fraction of sp³-hybridized carbons (Fsp3) is 0.500. The van der Waals surface area contributed by atoms with Gasteiger partial charge in [0.15, 0.2) is 0 Å². The van der Waals surface area contributed by atoms with E-state index in [2.05, 4.69) is 35.8 Å². The van der Waals surface area contributed by atoms with Crippen molar-refractivity contribution < 1.29 is 0 Å². The van der Waals surface area contributed by atoms with Crippen LogP contribution < -0.4 is 16.6 Å². The number of nitrogens with zero attached hydrogens (tertiary/aromatic N) is 6. The van der Waals surface area contributed by atoms with Crippen LogP contribution in [-0.4, -0.2) is 47.3 Å². The second-order valence-corrected chi connectivity index (χ2v) is 5.69. The van der Waals surface area contributed by atoms with Crippen LogP contribution in [0.3, 0.4) is 0 Å². The summed E-state index contributed by atoms with van der Waals surface area (Å²) in [6, 6.07) is 0. The number of aromatic nitrogens is 6. The number of hydrogen-bond donors (Lipinski definition) is 3. The number of rotatable bonds is 5. The summed E-state index contributed by atoms with van der Waals surface area (Å²) in [5.41, 5.74) is 2.43. The van der Waals surface area contributed by atoms with E-state index in [1.807, 2.05) is 11.8 Å². The second-order valence-electron chi connectivity index (χ2n) is 4.28. The molecule has 9 nitrogen and oxygen atoms in total. The van der Waals surface area contributed by atoms with E-state index in [-0.39, 0.29) is 5.95 Å². The normalized spacial score (nSPS) is 18.1. The Morgan fingerprint density at radius 3 is 2.95 bits per heavy atom. The highest BCUT2D eigenvalue weighted by Gasteiger charge is 2.16. The lowest BCUT2D eigenvalue weighted by molar-refractivity contribution is 0.780. The van der Waals surface area contributed by atoms with Gasteiger partial charge in [0.25, 0.3) is 5.95 Å². The Kier molecular flexibility index (Phi) is 3.92. The van der Waals surface area contributed by atoms with Crippen LogP contribution in [0.5, 0.6) is 0 Å². The van der Waals surface area contributed by atoms with Gasteiger partial charge in [0.2, 0.25) is 11.9 Å². The molecule has 106 valence electrons. The van der Waals surface area contributed by atoms with Gasteiger partial charge in [0.1, 0.15) is 12.7 Å². The minimum atomic E-state index is 0.284. The molecule has 2 aromatic heterocycles. The zero-order valence-electron chi connectivity index (χ0n) is 10.7. The number of nitrogens with two attached hydrogens (primary N) is 1. The summed E-state index contributed by atoms with van der Waals surface area (Å²) in [5, 5.41) is 7.82. The molecule has 1 aliphatic rings. The smallest absolute Gasteiger partial charge is 0.258 e. The average molecular weight is 293 g/mol. The number of hydrazine groups is 1. The van der Waals surface area contributed by atoms with E-state index >= 15 is 0 Å². The molecule has 3 rings (SSSR count). The Labute approximate surface area is 119 Å². The van der Waals surface area contributed by atoms with Crippen LogP contribution >= 0.6 is 11.8 Å². The van der Waals surface area contributed by atoms with E-state index in [9.17, 15) is 0 Å². The highest BCUT2D eigenvalue weighted by atomic mass is 32.2. The Morgan fingerprint density at radius 1 is 1.35 bits per heavy atom. The molecule has 0 radical (unpaired) electrons. The number of anilines is 2. The third-order valence-corrected chi connectivity index (χ3v) is 4.29. The Bertz CT molecular complexity index is 552. The van der Waals surface area contributed by atoms with Gasteiger partial charge in [-0.05, 0) is 18.6 Å². The summed E-state index contributed by atoms with van der Waals surface area (Å²) in [4.78, 5) is 16.5. The summed E-state index contributed by atoms with van der Waals surface area (Å²) in [6.45, 7) is 0.829. The van der Waals surface area contributed by atoms with Gasteiger partial charge >= 0.3 is 0 Å². The van der Waals surface area contributed by atoms with E-state index < -0.39 is 0 Å². The van der Waals surface area contributed by atoms with E-state index in [0.29, 0.717) is 17.1 Å². The van der Waals surface area contributed by atoms with E-state index in [1.54, 1.807) is 0 Å². The van der Waals surface area contributed by atoms with Crippen LogP contribution in [-0.2, 0) is 0 Å². The van der Waals surface area contributed by atoms with Crippen molar-refractivity contribution in [3.05, 3.63) is 12.7 Å². The Balaban J connectivity index is 1.77. The third-order valence-electron chi connectivity index (χ3n) is 2.89. The first-order valence-electron chi connectivity index (χ1n) is 6.28. The number of hydrogen-bond acceptors (Lipinski definition) is 9. The fourth-order valence-electron chi connectivity index (χ4n) is 1.93. The molecule has 2 aromatic rings. The van der Waals surface area contributed by atoms with E-state index in [0.717, 1.165) is 6.54 Å². The molecule has 0 amide bonds. The monoisotopic (exact) mass is 293 g/mol. The first kappa shape index (κ1) is 13.1. The Hall–Kier alpha value is -1.94. The quantitative estimate of drug-likeness (QED) is 0.518. The van der Waals surface area contributed by atoms with Crippen LogP contribution in [0.4, 0.5) is 11.9 Å². The number of nitrogen functional groups attached to an aromatic ring is 1. The van der Waals surface area contributed by atoms with Crippen molar-refractivity contribution in [3.63, 3.8) is 0 Å². The minimum absolute atomic E-state index is 0.284. The first-order valence-corrected chi connectivity index (χ1v) is 7.33. The average Bonchev–Trinajstić information content (AvgIpc) is 3.17. The molecule has 1 aliphatic heterocycles. The molecular weight excluding hydrogens is 278 g/mol. The molecule has 4 N–H and O–H groups in total. The number of nitrogens with one attached hydrogen (secondary N) is 2. The maximum atomic E-state index is 5.38. The Morgan fingerprint density at radius 2 is 2.25 bits per heavy atom. The van der Waals surface area contributed by atoms with E-state index in [1.165, 1.54) is 35.9 Å². The van der Waals surface area contributed by atoms with Gasteiger partial charge in [-0.25, -0.2) is 10.8 Å². The van der Waals surface area contributed by atoms with Crippen LogP contribution in [0, 0.1) is 0 Å². The van der Waals surface area contributed by atoms with E-state index in [4.69, 9.17) is 5.84 Å². The lowest BCUT2D eigenvalue weighted by atomic mass is 10.2. The predicted molar refractivity (Wildman–Crippen MR) is 76.5 cm³/mol. The van der Waals surface area contributed by atoms with Gasteiger partial charge in [0, 0.05) is 11.8 Å². The van der Waals surface area contributed by atoms with Gasteiger partial charge in [-0.15, -0.1) is 0 Å². The molecule has 0 aromatic carbocycles. The first-order chi connectivity index (χ1) is 9.85. The summed E-state index contributed by atoms with van der Waals surface area (Å²) in [5.74, 6) is 7.73. The molecule has 20 heavy (non-hydrogen) atoms.